The smallest absolute Gasteiger partial charge is 0.222 e. The van der Waals surface area contributed by atoms with Crippen LogP contribution in [0.15, 0.2) is 35.3 Å². The summed E-state index contributed by atoms with van der Waals surface area (Å²) in [5.41, 5.74) is 1.34. The van der Waals surface area contributed by atoms with Crippen molar-refractivity contribution in [1.82, 2.24) is 20.4 Å². The first-order chi connectivity index (χ1) is 14.1. The summed E-state index contributed by atoms with van der Waals surface area (Å²) in [6, 6.07) is 11.0. The van der Waals surface area contributed by atoms with E-state index in [2.05, 4.69) is 57.7 Å². The van der Waals surface area contributed by atoms with E-state index in [-0.39, 0.29) is 17.9 Å². The molecule has 1 aromatic carbocycles. The number of morpholine rings is 1. The molecular formula is C22H35N5O2. The fraction of sp³-hybridized carbons (Fsp3) is 0.636. The van der Waals surface area contributed by atoms with Crippen molar-refractivity contribution in [2.75, 3.05) is 45.9 Å². The first-order valence-corrected chi connectivity index (χ1v) is 10.8. The van der Waals surface area contributed by atoms with Crippen LogP contribution in [0, 0.1) is 5.92 Å². The molecule has 0 aliphatic carbocycles. The minimum Gasteiger partial charge on any atom is -0.373 e. The SMILES string of the molecule is CCNC(=NCCNC(=O)C(C)C)N1CC2OCCN(Cc3ccccc3)C2C1. The summed E-state index contributed by atoms with van der Waals surface area (Å²) in [6.45, 7) is 12.3. The van der Waals surface area contributed by atoms with Crippen LogP contribution in [0.4, 0.5) is 0 Å². The highest BCUT2D eigenvalue weighted by molar-refractivity contribution is 5.80. The van der Waals surface area contributed by atoms with Gasteiger partial charge >= 0.3 is 0 Å². The maximum atomic E-state index is 11.7. The average molecular weight is 402 g/mol. The van der Waals surface area contributed by atoms with Gasteiger partial charge in [0.05, 0.1) is 25.3 Å². The maximum Gasteiger partial charge on any atom is 0.222 e. The lowest BCUT2D eigenvalue weighted by Gasteiger charge is -2.36. The van der Waals surface area contributed by atoms with Crippen molar-refractivity contribution in [3.05, 3.63) is 35.9 Å². The summed E-state index contributed by atoms with van der Waals surface area (Å²) >= 11 is 0. The van der Waals surface area contributed by atoms with Gasteiger partial charge in [-0.2, -0.15) is 0 Å². The third-order valence-corrected chi connectivity index (χ3v) is 5.48. The fourth-order valence-corrected chi connectivity index (χ4v) is 3.92. The number of aliphatic imine (C=N–C) groups is 1. The second-order valence-corrected chi connectivity index (χ2v) is 8.02. The first kappa shape index (κ1) is 21.6. The average Bonchev–Trinajstić information content (AvgIpc) is 3.16. The summed E-state index contributed by atoms with van der Waals surface area (Å²) in [4.78, 5) is 21.3. The predicted octanol–water partition coefficient (Wildman–Crippen LogP) is 1.31. The Morgan fingerprint density at radius 2 is 2.03 bits per heavy atom. The van der Waals surface area contributed by atoms with E-state index in [1.54, 1.807) is 0 Å². The van der Waals surface area contributed by atoms with E-state index in [0.29, 0.717) is 19.1 Å². The minimum atomic E-state index is 0.00155. The van der Waals surface area contributed by atoms with Gasteiger partial charge in [-0.1, -0.05) is 44.2 Å². The quantitative estimate of drug-likeness (QED) is 0.410. The number of hydrogen-bond donors (Lipinski definition) is 2. The molecule has 0 saturated carbocycles. The number of amides is 1. The van der Waals surface area contributed by atoms with Crippen LogP contribution in [-0.2, 0) is 16.1 Å². The van der Waals surface area contributed by atoms with Crippen LogP contribution in [0.25, 0.3) is 0 Å². The molecule has 0 bridgehead atoms. The van der Waals surface area contributed by atoms with Crippen LogP contribution >= 0.6 is 0 Å². The van der Waals surface area contributed by atoms with Crippen molar-refractivity contribution in [3.8, 4) is 0 Å². The Bertz CT molecular complexity index is 679. The molecule has 7 heteroatoms. The Balaban J connectivity index is 1.59. The second kappa shape index (κ2) is 10.6. The number of ether oxygens (including phenoxy) is 1. The summed E-state index contributed by atoms with van der Waals surface area (Å²) in [6.07, 6.45) is 0.206. The number of likely N-dealkylation sites (tertiary alicyclic amines) is 1. The van der Waals surface area contributed by atoms with Crippen LogP contribution < -0.4 is 10.6 Å². The van der Waals surface area contributed by atoms with E-state index >= 15 is 0 Å². The summed E-state index contributed by atoms with van der Waals surface area (Å²) in [7, 11) is 0. The molecule has 2 N–H and O–H groups in total. The number of nitrogens with one attached hydrogen (secondary N) is 2. The molecule has 7 nitrogen and oxygen atoms in total. The van der Waals surface area contributed by atoms with Gasteiger partial charge in [0, 0.05) is 45.2 Å². The number of hydrogen-bond acceptors (Lipinski definition) is 4. The van der Waals surface area contributed by atoms with E-state index in [0.717, 1.165) is 45.3 Å². The first-order valence-electron chi connectivity index (χ1n) is 10.8. The van der Waals surface area contributed by atoms with Crippen LogP contribution in [0.5, 0.6) is 0 Å². The van der Waals surface area contributed by atoms with Crippen molar-refractivity contribution in [3.63, 3.8) is 0 Å². The number of carbonyl (C=O) groups excluding carboxylic acids is 1. The molecule has 2 heterocycles. The van der Waals surface area contributed by atoms with Gasteiger partial charge in [0.15, 0.2) is 5.96 Å². The second-order valence-electron chi connectivity index (χ2n) is 8.02. The van der Waals surface area contributed by atoms with Gasteiger partial charge in [0.25, 0.3) is 0 Å². The van der Waals surface area contributed by atoms with Crippen LogP contribution in [0.1, 0.15) is 26.3 Å². The van der Waals surface area contributed by atoms with Crippen molar-refractivity contribution < 1.29 is 9.53 Å². The zero-order valence-electron chi connectivity index (χ0n) is 17.9. The maximum absolute atomic E-state index is 11.7. The highest BCUT2D eigenvalue weighted by Gasteiger charge is 2.41. The molecule has 0 aromatic heterocycles. The molecule has 29 heavy (non-hydrogen) atoms. The van der Waals surface area contributed by atoms with Crippen LogP contribution in [-0.4, -0.2) is 79.7 Å². The van der Waals surface area contributed by atoms with Crippen molar-refractivity contribution in [1.29, 1.82) is 0 Å². The highest BCUT2D eigenvalue weighted by atomic mass is 16.5. The van der Waals surface area contributed by atoms with Crippen molar-refractivity contribution in [2.45, 2.75) is 39.5 Å². The fourth-order valence-electron chi connectivity index (χ4n) is 3.92. The molecule has 1 amide bonds. The number of guanidine groups is 1. The lowest BCUT2D eigenvalue weighted by molar-refractivity contribution is -0.123. The van der Waals surface area contributed by atoms with Gasteiger partial charge in [-0.05, 0) is 12.5 Å². The third-order valence-electron chi connectivity index (χ3n) is 5.48. The van der Waals surface area contributed by atoms with Crippen molar-refractivity contribution >= 4 is 11.9 Å². The van der Waals surface area contributed by atoms with Gasteiger partial charge in [0.1, 0.15) is 0 Å². The number of nitrogens with zero attached hydrogens (tertiary/aromatic N) is 3. The molecule has 2 aliphatic heterocycles. The molecular weight excluding hydrogens is 366 g/mol. The van der Waals surface area contributed by atoms with Gasteiger partial charge in [-0.25, -0.2) is 0 Å². The number of rotatable bonds is 7. The molecule has 2 saturated heterocycles. The highest BCUT2D eigenvalue weighted by Crippen LogP contribution is 2.24. The molecule has 0 radical (unpaired) electrons. The monoisotopic (exact) mass is 401 g/mol. The normalized spacial score (nSPS) is 22.6. The largest absolute Gasteiger partial charge is 0.373 e. The predicted molar refractivity (Wildman–Crippen MR) is 116 cm³/mol. The van der Waals surface area contributed by atoms with Crippen LogP contribution in [0.3, 0.4) is 0 Å². The van der Waals surface area contributed by atoms with Gasteiger partial charge in [-0.3, -0.25) is 14.7 Å². The number of benzene rings is 1. The Hall–Kier alpha value is -2.12. The molecule has 2 aliphatic rings. The Morgan fingerprint density at radius 1 is 1.24 bits per heavy atom. The molecule has 160 valence electrons. The number of carbonyl (C=O) groups is 1. The topological polar surface area (TPSA) is 69.2 Å². The van der Waals surface area contributed by atoms with E-state index in [1.165, 1.54) is 5.56 Å². The van der Waals surface area contributed by atoms with E-state index in [1.807, 2.05) is 13.8 Å². The Kier molecular flexibility index (Phi) is 7.89. The molecule has 3 rings (SSSR count). The minimum absolute atomic E-state index is 0.00155. The zero-order valence-corrected chi connectivity index (χ0v) is 17.9. The Labute approximate surface area is 174 Å². The van der Waals surface area contributed by atoms with E-state index < -0.39 is 0 Å². The summed E-state index contributed by atoms with van der Waals surface area (Å²) in [5, 5.41) is 6.33. The lowest BCUT2D eigenvalue weighted by atomic mass is 10.1. The molecule has 0 spiro atoms. The Morgan fingerprint density at radius 3 is 2.76 bits per heavy atom. The summed E-state index contributed by atoms with van der Waals surface area (Å²) in [5.74, 6) is 0.980. The zero-order chi connectivity index (χ0) is 20.6. The molecule has 2 atom stereocenters. The van der Waals surface area contributed by atoms with Crippen LogP contribution in [0.2, 0.25) is 0 Å². The standard InChI is InChI=1S/C22H35N5O2/c1-4-23-22(25-11-10-24-21(28)17(2)3)27-15-19-20(16-27)29-13-12-26(19)14-18-8-6-5-7-9-18/h5-9,17,19-20H,4,10-16H2,1-3H3,(H,23,25)(H,24,28). The summed E-state index contributed by atoms with van der Waals surface area (Å²) < 4.78 is 6.09. The molecule has 2 unspecified atom stereocenters. The van der Waals surface area contributed by atoms with E-state index in [9.17, 15) is 4.79 Å². The molecule has 1 aromatic rings. The van der Waals surface area contributed by atoms with Crippen molar-refractivity contribution in [2.24, 2.45) is 10.9 Å². The molecule has 2 fully saturated rings. The number of fused-ring (bicyclic) bond motifs is 1. The van der Waals surface area contributed by atoms with E-state index in [4.69, 9.17) is 9.73 Å². The lowest BCUT2D eigenvalue weighted by Crippen LogP contribution is -2.50. The van der Waals surface area contributed by atoms with Gasteiger partial charge in [-0.15, -0.1) is 0 Å². The van der Waals surface area contributed by atoms with Gasteiger partial charge in [0.2, 0.25) is 5.91 Å². The third kappa shape index (κ3) is 5.93. The van der Waals surface area contributed by atoms with Gasteiger partial charge < -0.3 is 20.3 Å².